The summed E-state index contributed by atoms with van der Waals surface area (Å²) < 4.78 is 1.35. The maximum atomic E-state index is 10.8. The SMILES string of the molecule is C.C=C(C)C1CCC(C)=C[C@H]1c1c(O)c(Br)c(CCC)c(Br)c1O.C=C(C)C1CCC(C)=C[C@H]1c1c(O)cc(CCC)cc1O. The maximum Gasteiger partial charge on any atom is 0.137 e. The van der Waals surface area contributed by atoms with Gasteiger partial charge in [-0.25, -0.2) is 0 Å². The molecule has 2 aliphatic carbocycles. The largest absolute Gasteiger partial charge is 0.507 e. The summed E-state index contributed by atoms with van der Waals surface area (Å²) in [4.78, 5) is 0. The normalized spacial score (nSPS) is 21.1. The molecule has 6 heteroatoms. The molecule has 4 nitrogen and oxygen atoms in total. The Balaban J connectivity index is 0.000000308. The van der Waals surface area contributed by atoms with Gasteiger partial charge in [0.15, 0.2) is 0 Å². The standard InChI is InChI=1S/C19H24Br2O2.C19H26O2.CH4/c1-5-6-13-16(20)18(22)15(19(23)17(13)21)14-9-11(4)7-8-12(14)10(2)3;1-5-6-14-10-17(20)19(18(21)11-14)16-9-13(4)7-8-15(16)12(2)3;/h9,12,14,22-23H,2,5-8H2,1,3-4H3;9-11,15-16,20-21H,2,5-8H2,1,3-4H3;1H4/t12?,14-;15?,16-;/m11./s1. The van der Waals surface area contributed by atoms with Crippen LogP contribution in [-0.2, 0) is 12.8 Å². The van der Waals surface area contributed by atoms with E-state index in [0.29, 0.717) is 20.1 Å². The van der Waals surface area contributed by atoms with Gasteiger partial charge in [-0.15, -0.1) is 0 Å². The first kappa shape index (κ1) is 38.7. The van der Waals surface area contributed by atoms with Crippen LogP contribution in [0.2, 0.25) is 0 Å². The van der Waals surface area contributed by atoms with E-state index in [1.165, 1.54) is 11.1 Å². The Hall–Kier alpha value is -2.44. The number of allylic oxidation sites excluding steroid dienone is 6. The van der Waals surface area contributed by atoms with Gasteiger partial charge in [0, 0.05) is 23.0 Å². The zero-order valence-electron chi connectivity index (χ0n) is 27.2. The topological polar surface area (TPSA) is 80.9 Å². The molecule has 0 aliphatic heterocycles. The summed E-state index contributed by atoms with van der Waals surface area (Å²) in [5, 5.41) is 42.4. The molecule has 0 bridgehead atoms. The smallest absolute Gasteiger partial charge is 0.137 e. The zero-order chi connectivity index (χ0) is 32.9. The van der Waals surface area contributed by atoms with Crippen molar-refractivity contribution >= 4 is 31.9 Å². The second kappa shape index (κ2) is 16.9. The molecule has 4 N–H and O–H groups in total. The predicted molar refractivity (Wildman–Crippen MR) is 198 cm³/mol. The highest BCUT2D eigenvalue weighted by Crippen LogP contribution is 2.52. The summed E-state index contributed by atoms with van der Waals surface area (Å²) in [6, 6.07) is 3.59. The number of hydrogen-bond acceptors (Lipinski definition) is 4. The summed E-state index contributed by atoms with van der Waals surface area (Å²) in [6.07, 6.45) is 12.0. The molecule has 45 heavy (non-hydrogen) atoms. The van der Waals surface area contributed by atoms with E-state index in [-0.39, 0.29) is 54.1 Å². The molecule has 0 aromatic heterocycles. The van der Waals surface area contributed by atoms with Gasteiger partial charge in [-0.05, 0) is 133 Å². The van der Waals surface area contributed by atoms with E-state index in [1.807, 2.05) is 13.8 Å². The molecule has 0 spiro atoms. The van der Waals surface area contributed by atoms with Crippen LogP contribution < -0.4 is 0 Å². The average molecular weight is 747 g/mol. The van der Waals surface area contributed by atoms with Crippen molar-refractivity contribution < 1.29 is 20.4 Å². The Morgan fingerprint density at radius 1 is 0.733 bits per heavy atom. The number of rotatable bonds is 8. The number of phenolic OH excluding ortho intramolecular Hbond substituents is 4. The molecule has 2 aliphatic rings. The summed E-state index contributed by atoms with van der Waals surface area (Å²) in [5.41, 5.74) is 7.94. The maximum absolute atomic E-state index is 10.8. The fourth-order valence-corrected chi connectivity index (χ4v) is 8.27. The van der Waals surface area contributed by atoms with Crippen molar-refractivity contribution in [3.63, 3.8) is 0 Å². The Labute approximate surface area is 288 Å². The fraction of sp³-hybridized carbons (Fsp3) is 0.487. The number of phenols is 4. The van der Waals surface area contributed by atoms with Gasteiger partial charge in [-0.1, -0.05) is 81.7 Å². The lowest BCUT2D eigenvalue weighted by Gasteiger charge is -2.32. The van der Waals surface area contributed by atoms with E-state index >= 15 is 0 Å². The Bertz CT molecular complexity index is 1400. The second-order valence-corrected chi connectivity index (χ2v) is 14.4. The quantitative estimate of drug-likeness (QED) is 0.203. The van der Waals surface area contributed by atoms with Crippen LogP contribution in [0.5, 0.6) is 23.0 Å². The first-order valence-corrected chi connectivity index (χ1v) is 17.4. The molecular formula is C39H54Br2O4. The van der Waals surface area contributed by atoms with E-state index < -0.39 is 0 Å². The monoisotopic (exact) mass is 744 g/mol. The van der Waals surface area contributed by atoms with Crippen LogP contribution in [0.4, 0.5) is 0 Å². The van der Waals surface area contributed by atoms with Gasteiger partial charge in [-0.3, -0.25) is 0 Å². The van der Waals surface area contributed by atoms with Gasteiger partial charge in [0.2, 0.25) is 0 Å². The molecule has 2 aromatic rings. The van der Waals surface area contributed by atoms with Crippen molar-refractivity contribution in [1.82, 2.24) is 0 Å². The molecule has 4 rings (SSSR count). The van der Waals surface area contributed by atoms with Crippen LogP contribution in [0, 0.1) is 11.8 Å². The van der Waals surface area contributed by atoms with E-state index in [4.69, 9.17) is 0 Å². The van der Waals surface area contributed by atoms with Crippen LogP contribution in [0.25, 0.3) is 0 Å². The summed E-state index contributed by atoms with van der Waals surface area (Å²) >= 11 is 7.04. The molecule has 0 radical (unpaired) electrons. The molecule has 0 saturated heterocycles. The number of halogens is 2. The van der Waals surface area contributed by atoms with Gasteiger partial charge in [-0.2, -0.15) is 0 Å². The molecule has 4 atom stereocenters. The van der Waals surface area contributed by atoms with Crippen LogP contribution >= 0.6 is 31.9 Å². The van der Waals surface area contributed by atoms with Gasteiger partial charge >= 0.3 is 0 Å². The van der Waals surface area contributed by atoms with Gasteiger partial charge in [0.05, 0.1) is 8.95 Å². The fourth-order valence-electron chi connectivity index (χ4n) is 6.78. The van der Waals surface area contributed by atoms with Crippen molar-refractivity contribution in [3.8, 4) is 23.0 Å². The molecule has 0 amide bonds. The lowest BCUT2D eigenvalue weighted by Crippen LogP contribution is -2.17. The van der Waals surface area contributed by atoms with Crippen molar-refractivity contribution in [2.45, 2.75) is 112 Å². The second-order valence-electron chi connectivity index (χ2n) is 12.8. The number of aromatic hydroxyl groups is 4. The number of aryl methyl sites for hydroxylation is 1. The van der Waals surface area contributed by atoms with Gasteiger partial charge in [0.25, 0.3) is 0 Å². The number of hydrogen-bond donors (Lipinski definition) is 4. The van der Waals surface area contributed by atoms with Gasteiger partial charge in [0.1, 0.15) is 23.0 Å². The molecular weight excluding hydrogens is 692 g/mol. The van der Waals surface area contributed by atoms with Crippen molar-refractivity contribution in [1.29, 1.82) is 0 Å². The predicted octanol–water partition coefficient (Wildman–Crippen LogP) is 12.3. The third kappa shape index (κ3) is 8.88. The van der Waals surface area contributed by atoms with Crippen LogP contribution in [-0.4, -0.2) is 20.4 Å². The van der Waals surface area contributed by atoms with E-state index in [0.717, 1.165) is 73.6 Å². The minimum Gasteiger partial charge on any atom is -0.507 e. The molecule has 2 unspecified atom stereocenters. The molecule has 0 heterocycles. The molecule has 248 valence electrons. The lowest BCUT2D eigenvalue weighted by atomic mass is 9.73. The van der Waals surface area contributed by atoms with Crippen LogP contribution in [0.1, 0.15) is 122 Å². The van der Waals surface area contributed by atoms with Crippen LogP contribution in [0.15, 0.2) is 68.7 Å². The third-order valence-corrected chi connectivity index (χ3v) is 10.8. The van der Waals surface area contributed by atoms with E-state index in [9.17, 15) is 20.4 Å². The van der Waals surface area contributed by atoms with Crippen molar-refractivity contribution in [3.05, 3.63) is 90.9 Å². The first-order chi connectivity index (χ1) is 20.7. The highest BCUT2D eigenvalue weighted by atomic mass is 79.9. The van der Waals surface area contributed by atoms with Crippen LogP contribution in [0.3, 0.4) is 0 Å². The molecule has 0 saturated carbocycles. The summed E-state index contributed by atoms with van der Waals surface area (Å²) in [6.45, 7) is 20.6. The lowest BCUT2D eigenvalue weighted by molar-refractivity contribution is 0.402. The minimum atomic E-state index is -0.0514. The Morgan fingerprint density at radius 2 is 1.13 bits per heavy atom. The Morgan fingerprint density at radius 3 is 1.51 bits per heavy atom. The van der Waals surface area contributed by atoms with Crippen molar-refractivity contribution in [2.75, 3.05) is 0 Å². The third-order valence-electron chi connectivity index (χ3n) is 9.12. The Kier molecular flexibility index (Phi) is 14.6. The highest BCUT2D eigenvalue weighted by molar-refractivity contribution is 9.11. The number of benzene rings is 2. The minimum absolute atomic E-state index is 0. The summed E-state index contributed by atoms with van der Waals surface area (Å²) in [7, 11) is 0. The highest BCUT2D eigenvalue weighted by Gasteiger charge is 2.33. The van der Waals surface area contributed by atoms with E-state index in [2.05, 4.69) is 84.9 Å². The van der Waals surface area contributed by atoms with Gasteiger partial charge < -0.3 is 20.4 Å². The zero-order valence-corrected chi connectivity index (χ0v) is 30.4. The average Bonchev–Trinajstić information content (AvgIpc) is 2.94. The van der Waals surface area contributed by atoms with Crippen molar-refractivity contribution in [2.24, 2.45) is 11.8 Å². The molecule has 0 fully saturated rings. The molecule has 2 aromatic carbocycles. The van der Waals surface area contributed by atoms with E-state index in [1.54, 1.807) is 12.1 Å². The first-order valence-electron chi connectivity index (χ1n) is 15.8. The summed E-state index contributed by atoms with van der Waals surface area (Å²) in [5.74, 6) is 1.19.